The van der Waals surface area contributed by atoms with Crippen LogP contribution in [-0.2, 0) is 9.59 Å². The summed E-state index contributed by atoms with van der Waals surface area (Å²) in [4.78, 5) is 26.4. The summed E-state index contributed by atoms with van der Waals surface area (Å²) in [6.07, 6.45) is 2.38. The lowest BCUT2D eigenvalue weighted by atomic mass is 10.1. The van der Waals surface area contributed by atoms with Gasteiger partial charge in [0.25, 0.3) is 0 Å². The zero-order valence-electron chi connectivity index (χ0n) is 15.2. The number of amides is 2. The number of methoxy groups -OCH3 is 1. The summed E-state index contributed by atoms with van der Waals surface area (Å²) in [7, 11) is 1.57. The van der Waals surface area contributed by atoms with Crippen molar-refractivity contribution in [3.8, 4) is 5.75 Å². The quantitative estimate of drug-likeness (QED) is 0.821. The number of piperidine rings is 1. The molecule has 1 aliphatic heterocycles. The summed E-state index contributed by atoms with van der Waals surface area (Å²) in [5.74, 6) is 0.363. The van der Waals surface area contributed by atoms with Crippen molar-refractivity contribution in [3.05, 3.63) is 54.1 Å². The first-order valence-corrected chi connectivity index (χ1v) is 8.70. The summed E-state index contributed by atoms with van der Waals surface area (Å²) < 4.78 is 5.39. The number of nitrogens with zero attached hydrogens (tertiary/aromatic N) is 1. The average Bonchev–Trinajstić information content (AvgIpc) is 2.68. The maximum Gasteiger partial charge on any atom is 0.245 e. The van der Waals surface area contributed by atoms with Gasteiger partial charge in [-0.05, 0) is 36.6 Å². The maximum atomic E-state index is 12.5. The monoisotopic (exact) mass is 389 g/mol. The van der Waals surface area contributed by atoms with E-state index in [0.29, 0.717) is 30.1 Å². The van der Waals surface area contributed by atoms with Gasteiger partial charge in [0.15, 0.2) is 0 Å². The highest BCUT2D eigenvalue weighted by Crippen LogP contribution is 2.33. The van der Waals surface area contributed by atoms with Crippen LogP contribution in [0.1, 0.15) is 30.9 Å². The number of anilines is 2. The highest BCUT2D eigenvalue weighted by molar-refractivity contribution is 5.99. The van der Waals surface area contributed by atoms with Gasteiger partial charge in [-0.25, -0.2) is 0 Å². The molecule has 1 unspecified atom stereocenters. The van der Waals surface area contributed by atoms with Crippen LogP contribution < -0.4 is 20.7 Å². The van der Waals surface area contributed by atoms with Crippen molar-refractivity contribution in [2.75, 3.05) is 23.9 Å². The molecule has 2 aromatic carbocycles. The molecule has 1 aliphatic rings. The fraction of sp³-hybridized carbons (Fsp3) is 0.300. The Bertz CT molecular complexity index is 798. The summed E-state index contributed by atoms with van der Waals surface area (Å²) in [5.41, 5.74) is 8.03. The van der Waals surface area contributed by atoms with Gasteiger partial charge in [0.2, 0.25) is 11.8 Å². The number of nitrogens with two attached hydrogens (primary N) is 1. The molecule has 6 nitrogen and oxygen atoms in total. The van der Waals surface area contributed by atoms with Gasteiger partial charge in [0.1, 0.15) is 11.8 Å². The Balaban J connectivity index is 0.00000261. The lowest BCUT2D eigenvalue weighted by Gasteiger charge is -2.28. The number of halogens is 1. The molecule has 1 saturated heterocycles. The Labute approximate surface area is 165 Å². The number of benzene rings is 2. The second-order valence-electron chi connectivity index (χ2n) is 6.27. The predicted octanol–water partition coefficient (Wildman–Crippen LogP) is 3.27. The Kier molecular flexibility index (Phi) is 7.21. The van der Waals surface area contributed by atoms with Crippen molar-refractivity contribution in [2.45, 2.75) is 25.3 Å². The van der Waals surface area contributed by atoms with Crippen LogP contribution in [0, 0.1) is 0 Å². The number of hydrogen-bond acceptors (Lipinski definition) is 4. The van der Waals surface area contributed by atoms with E-state index >= 15 is 0 Å². The molecule has 144 valence electrons. The standard InChI is InChI=1S/C20H23N3O3.ClH/c1-26-17-11-10-15(13-16(17)23-12-6-5-9-18(23)24)22-20(25)19(21)14-7-3-2-4-8-14;/h2-4,7-8,10-11,13,19H,5-6,9,12,21H2,1H3,(H,22,25);1H. The van der Waals surface area contributed by atoms with Gasteiger partial charge in [-0.2, -0.15) is 0 Å². The van der Waals surface area contributed by atoms with Crippen molar-refractivity contribution in [1.29, 1.82) is 0 Å². The number of carbonyl (C=O) groups is 2. The smallest absolute Gasteiger partial charge is 0.245 e. The number of hydrogen-bond donors (Lipinski definition) is 2. The van der Waals surface area contributed by atoms with Crippen LogP contribution in [-0.4, -0.2) is 25.5 Å². The number of carbonyl (C=O) groups excluding carboxylic acids is 2. The molecule has 2 amide bonds. The minimum atomic E-state index is -0.765. The molecule has 2 aromatic rings. The number of rotatable bonds is 5. The van der Waals surface area contributed by atoms with E-state index in [2.05, 4.69) is 5.32 Å². The lowest BCUT2D eigenvalue weighted by molar-refractivity contribution is -0.119. The molecule has 0 aliphatic carbocycles. The molecule has 3 rings (SSSR count). The highest BCUT2D eigenvalue weighted by Gasteiger charge is 2.23. The molecule has 1 heterocycles. The van der Waals surface area contributed by atoms with E-state index in [1.165, 1.54) is 0 Å². The van der Waals surface area contributed by atoms with E-state index in [9.17, 15) is 9.59 Å². The van der Waals surface area contributed by atoms with Crippen LogP contribution in [0.15, 0.2) is 48.5 Å². The first-order valence-electron chi connectivity index (χ1n) is 8.70. The van der Waals surface area contributed by atoms with Gasteiger partial charge in [0, 0.05) is 18.7 Å². The zero-order chi connectivity index (χ0) is 18.5. The molecule has 1 atom stereocenters. The molecular formula is C20H24ClN3O3. The van der Waals surface area contributed by atoms with Crippen LogP contribution in [0.3, 0.4) is 0 Å². The number of nitrogens with one attached hydrogen (secondary N) is 1. The Hall–Kier alpha value is -2.57. The van der Waals surface area contributed by atoms with Gasteiger partial charge < -0.3 is 20.7 Å². The SMILES string of the molecule is COc1ccc(NC(=O)C(N)c2ccccc2)cc1N1CCCCC1=O.Cl. The van der Waals surface area contributed by atoms with E-state index in [0.717, 1.165) is 18.4 Å². The van der Waals surface area contributed by atoms with Gasteiger partial charge in [0.05, 0.1) is 12.8 Å². The topological polar surface area (TPSA) is 84.7 Å². The van der Waals surface area contributed by atoms with E-state index < -0.39 is 6.04 Å². The second kappa shape index (κ2) is 9.39. The Morgan fingerprint density at radius 3 is 2.59 bits per heavy atom. The van der Waals surface area contributed by atoms with Crippen LogP contribution in [0.25, 0.3) is 0 Å². The van der Waals surface area contributed by atoms with Crippen LogP contribution >= 0.6 is 12.4 Å². The normalized spacial score (nSPS) is 14.9. The van der Waals surface area contributed by atoms with Gasteiger partial charge in [-0.15, -0.1) is 12.4 Å². The fourth-order valence-electron chi connectivity index (χ4n) is 3.07. The van der Waals surface area contributed by atoms with Crippen molar-refractivity contribution in [3.63, 3.8) is 0 Å². The molecular weight excluding hydrogens is 366 g/mol. The minimum absolute atomic E-state index is 0. The van der Waals surface area contributed by atoms with Crippen molar-refractivity contribution in [1.82, 2.24) is 0 Å². The van der Waals surface area contributed by atoms with Gasteiger partial charge >= 0.3 is 0 Å². The third kappa shape index (κ3) is 4.78. The Morgan fingerprint density at radius 1 is 1.19 bits per heavy atom. The molecule has 0 aromatic heterocycles. The molecule has 27 heavy (non-hydrogen) atoms. The van der Waals surface area contributed by atoms with Gasteiger partial charge in [-0.1, -0.05) is 30.3 Å². The summed E-state index contributed by atoms with van der Waals surface area (Å²) in [5, 5.41) is 2.83. The Morgan fingerprint density at radius 2 is 1.93 bits per heavy atom. The largest absolute Gasteiger partial charge is 0.495 e. The van der Waals surface area contributed by atoms with E-state index in [-0.39, 0.29) is 24.2 Å². The number of ether oxygens (including phenoxy) is 1. The van der Waals surface area contributed by atoms with Crippen LogP contribution in [0.2, 0.25) is 0 Å². The van der Waals surface area contributed by atoms with Crippen LogP contribution in [0.4, 0.5) is 11.4 Å². The summed E-state index contributed by atoms with van der Waals surface area (Å²) >= 11 is 0. The van der Waals surface area contributed by atoms with Crippen molar-refractivity contribution < 1.29 is 14.3 Å². The molecule has 0 spiro atoms. The average molecular weight is 390 g/mol. The second-order valence-corrected chi connectivity index (χ2v) is 6.27. The zero-order valence-corrected chi connectivity index (χ0v) is 16.0. The van der Waals surface area contributed by atoms with Crippen molar-refractivity contribution in [2.24, 2.45) is 5.73 Å². The molecule has 0 saturated carbocycles. The summed E-state index contributed by atoms with van der Waals surface area (Å²) in [6, 6.07) is 13.7. The highest BCUT2D eigenvalue weighted by atomic mass is 35.5. The van der Waals surface area contributed by atoms with Crippen molar-refractivity contribution >= 4 is 35.6 Å². The molecule has 7 heteroatoms. The maximum absolute atomic E-state index is 12.5. The third-order valence-electron chi connectivity index (χ3n) is 4.50. The lowest BCUT2D eigenvalue weighted by Crippen LogP contribution is -2.35. The molecule has 0 bridgehead atoms. The first-order chi connectivity index (χ1) is 12.6. The molecule has 0 radical (unpaired) electrons. The van der Waals surface area contributed by atoms with Gasteiger partial charge in [-0.3, -0.25) is 9.59 Å². The van der Waals surface area contributed by atoms with E-state index in [1.54, 1.807) is 30.2 Å². The third-order valence-corrected chi connectivity index (χ3v) is 4.50. The predicted molar refractivity (Wildman–Crippen MR) is 108 cm³/mol. The first kappa shape index (κ1) is 20.7. The van der Waals surface area contributed by atoms with E-state index in [1.807, 2.05) is 30.3 Å². The fourth-order valence-corrected chi connectivity index (χ4v) is 3.07. The molecule has 3 N–H and O–H groups in total. The van der Waals surface area contributed by atoms with Crippen LogP contribution in [0.5, 0.6) is 5.75 Å². The summed E-state index contributed by atoms with van der Waals surface area (Å²) in [6.45, 7) is 0.649. The van der Waals surface area contributed by atoms with E-state index in [4.69, 9.17) is 10.5 Å². The molecule has 1 fully saturated rings. The minimum Gasteiger partial charge on any atom is -0.495 e.